The Hall–Kier alpha value is -3.56. The summed E-state index contributed by atoms with van der Waals surface area (Å²) in [5, 5.41) is 5.12. The van der Waals surface area contributed by atoms with E-state index in [1.807, 2.05) is 18.3 Å². The second kappa shape index (κ2) is 9.59. The maximum atomic E-state index is 13.1. The molecule has 182 valence electrons. The van der Waals surface area contributed by atoms with Gasteiger partial charge >= 0.3 is 5.97 Å². The van der Waals surface area contributed by atoms with E-state index in [0.717, 1.165) is 24.1 Å². The molecule has 35 heavy (non-hydrogen) atoms. The van der Waals surface area contributed by atoms with E-state index in [0.29, 0.717) is 40.4 Å². The van der Waals surface area contributed by atoms with Crippen molar-refractivity contribution in [2.45, 2.75) is 25.5 Å². The van der Waals surface area contributed by atoms with Gasteiger partial charge in [-0.1, -0.05) is 11.6 Å². The van der Waals surface area contributed by atoms with Gasteiger partial charge in [-0.25, -0.2) is 4.68 Å². The number of nitrogens with zero attached hydrogens (tertiary/aromatic N) is 3. The number of methoxy groups -OCH3 is 1. The first kappa shape index (κ1) is 23.2. The van der Waals surface area contributed by atoms with Crippen LogP contribution in [0.15, 0.2) is 48.7 Å². The Bertz CT molecular complexity index is 1260. The van der Waals surface area contributed by atoms with E-state index < -0.39 is 5.97 Å². The van der Waals surface area contributed by atoms with Crippen molar-refractivity contribution in [3.63, 3.8) is 0 Å². The minimum absolute atomic E-state index is 0.162. The molecule has 1 amide bonds. The summed E-state index contributed by atoms with van der Waals surface area (Å²) in [7, 11) is 1.54. The maximum absolute atomic E-state index is 13.1. The number of esters is 1. The fraction of sp³-hybridized carbons (Fsp3) is 0.320. The van der Waals surface area contributed by atoms with E-state index in [4.69, 9.17) is 31.5 Å². The lowest BCUT2D eigenvalue weighted by atomic mass is 10.2. The zero-order valence-corrected chi connectivity index (χ0v) is 19.9. The largest absolute Gasteiger partial charge is 0.493 e. The number of ether oxygens (including phenoxy) is 3. The number of hydrogen-bond donors (Lipinski definition) is 1. The fourth-order valence-electron chi connectivity index (χ4n) is 4.08. The van der Waals surface area contributed by atoms with Crippen LogP contribution < -0.4 is 20.1 Å². The number of fused-ring (bicyclic) bond motifs is 1. The molecule has 1 atom stereocenters. The van der Waals surface area contributed by atoms with Gasteiger partial charge in [-0.15, -0.1) is 0 Å². The van der Waals surface area contributed by atoms with Crippen LogP contribution in [0.25, 0.3) is 5.69 Å². The molecule has 1 aliphatic heterocycles. The van der Waals surface area contributed by atoms with Crippen LogP contribution >= 0.6 is 11.6 Å². The van der Waals surface area contributed by atoms with Crippen molar-refractivity contribution < 1.29 is 23.8 Å². The number of aromatic nitrogens is 2. The first-order valence-electron chi connectivity index (χ1n) is 11.3. The van der Waals surface area contributed by atoms with Crippen LogP contribution in [0.4, 0.5) is 5.69 Å². The van der Waals surface area contributed by atoms with Gasteiger partial charge in [0, 0.05) is 28.5 Å². The normalized spacial score (nSPS) is 15.6. The lowest BCUT2D eigenvalue weighted by Crippen LogP contribution is -2.30. The highest BCUT2D eigenvalue weighted by atomic mass is 35.5. The molecule has 0 radical (unpaired) electrons. The molecule has 1 aliphatic carbocycles. The van der Waals surface area contributed by atoms with Crippen LogP contribution in [0.2, 0.25) is 5.02 Å². The minimum atomic E-state index is -0.447. The highest BCUT2D eigenvalue weighted by Gasteiger charge is 2.35. The van der Waals surface area contributed by atoms with Crippen molar-refractivity contribution >= 4 is 29.2 Å². The second-order valence-electron chi connectivity index (χ2n) is 8.53. The molecule has 2 aliphatic rings. The van der Waals surface area contributed by atoms with Gasteiger partial charge < -0.3 is 24.8 Å². The van der Waals surface area contributed by atoms with Crippen LogP contribution in [-0.4, -0.2) is 48.0 Å². The number of nitrogens with two attached hydrogens (primary N) is 1. The molecule has 0 spiro atoms. The van der Waals surface area contributed by atoms with Gasteiger partial charge in [0.1, 0.15) is 12.7 Å². The molecule has 0 saturated heterocycles. The van der Waals surface area contributed by atoms with E-state index in [9.17, 15) is 9.59 Å². The molecular weight excluding hydrogens is 472 g/mol. The van der Waals surface area contributed by atoms with Gasteiger partial charge in [0.25, 0.3) is 5.91 Å². The predicted octanol–water partition coefficient (Wildman–Crippen LogP) is 3.35. The minimum Gasteiger partial charge on any atom is -0.493 e. The molecule has 1 aromatic heterocycles. The fourth-order valence-corrected chi connectivity index (χ4v) is 4.20. The van der Waals surface area contributed by atoms with E-state index in [1.165, 1.54) is 7.11 Å². The molecule has 2 aromatic carbocycles. The van der Waals surface area contributed by atoms with Crippen molar-refractivity contribution in [2.24, 2.45) is 11.7 Å². The third-order valence-corrected chi connectivity index (χ3v) is 6.37. The Balaban J connectivity index is 1.29. The Morgan fingerprint density at radius 1 is 1.17 bits per heavy atom. The van der Waals surface area contributed by atoms with Crippen molar-refractivity contribution in [2.75, 3.05) is 25.2 Å². The van der Waals surface area contributed by atoms with Gasteiger partial charge in [0.05, 0.1) is 25.9 Å². The van der Waals surface area contributed by atoms with Crippen LogP contribution in [0.5, 0.6) is 11.5 Å². The number of rotatable bonds is 9. The average molecular weight is 497 g/mol. The summed E-state index contributed by atoms with van der Waals surface area (Å²) in [4.78, 5) is 26.4. The zero-order valence-electron chi connectivity index (χ0n) is 19.1. The topological polar surface area (TPSA) is 109 Å². The first-order valence-corrected chi connectivity index (χ1v) is 11.7. The monoisotopic (exact) mass is 496 g/mol. The lowest BCUT2D eigenvalue weighted by Gasteiger charge is -2.21. The number of halogens is 1. The van der Waals surface area contributed by atoms with Crippen molar-refractivity contribution in [1.29, 1.82) is 0 Å². The van der Waals surface area contributed by atoms with Crippen LogP contribution in [0, 0.1) is 5.92 Å². The highest BCUT2D eigenvalue weighted by Crippen LogP contribution is 2.38. The van der Waals surface area contributed by atoms with Crippen LogP contribution in [-0.2, 0) is 16.1 Å². The molecule has 1 unspecified atom stereocenters. The molecular formula is C25H25ClN4O5. The van der Waals surface area contributed by atoms with Crippen LogP contribution in [0.1, 0.15) is 28.9 Å². The van der Waals surface area contributed by atoms with Crippen molar-refractivity contribution in [1.82, 2.24) is 9.78 Å². The third-order valence-electron chi connectivity index (χ3n) is 6.12. The Morgan fingerprint density at radius 2 is 1.91 bits per heavy atom. The number of anilines is 1. The second-order valence-corrected chi connectivity index (χ2v) is 8.97. The van der Waals surface area contributed by atoms with Gasteiger partial charge in [0.15, 0.2) is 17.2 Å². The molecule has 2 heterocycles. The van der Waals surface area contributed by atoms with Crippen molar-refractivity contribution in [3.8, 4) is 17.2 Å². The van der Waals surface area contributed by atoms with E-state index in [2.05, 4.69) is 5.10 Å². The molecule has 0 bridgehead atoms. The van der Waals surface area contributed by atoms with E-state index in [1.54, 1.807) is 39.9 Å². The number of carbonyl (C=O) groups excluding carboxylic acids is 2. The Labute approximate surface area is 207 Å². The van der Waals surface area contributed by atoms with Gasteiger partial charge in [-0.3, -0.25) is 9.59 Å². The van der Waals surface area contributed by atoms with E-state index >= 15 is 0 Å². The summed E-state index contributed by atoms with van der Waals surface area (Å²) in [6, 6.07) is 12.6. The van der Waals surface area contributed by atoms with E-state index in [-0.39, 0.29) is 25.2 Å². The smallest absolute Gasteiger partial charge is 0.320 e. The number of amides is 1. The Kier molecular flexibility index (Phi) is 6.36. The van der Waals surface area contributed by atoms with Gasteiger partial charge in [-0.2, -0.15) is 5.10 Å². The quantitative estimate of drug-likeness (QED) is 0.452. The molecule has 3 aromatic rings. The molecule has 1 fully saturated rings. The van der Waals surface area contributed by atoms with Gasteiger partial charge in [-0.05, 0) is 55.2 Å². The zero-order chi connectivity index (χ0) is 24.5. The van der Waals surface area contributed by atoms with Gasteiger partial charge in [0.2, 0.25) is 0 Å². The average Bonchev–Trinajstić information content (AvgIpc) is 3.56. The third kappa shape index (κ3) is 4.82. The summed E-state index contributed by atoms with van der Waals surface area (Å²) in [6.07, 6.45) is 3.50. The summed E-state index contributed by atoms with van der Waals surface area (Å²) < 4.78 is 18.5. The highest BCUT2D eigenvalue weighted by molar-refractivity contribution is 6.30. The number of benzene rings is 2. The van der Waals surface area contributed by atoms with Crippen molar-refractivity contribution in [3.05, 3.63) is 64.9 Å². The molecule has 1 saturated carbocycles. The molecule has 2 N–H and O–H groups in total. The summed E-state index contributed by atoms with van der Waals surface area (Å²) in [5.74, 6) is 0.636. The van der Waals surface area contributed by atoms with Crippen LogP contribution in [0.3, 0.4) is 0 Å². The lowest BCUT2D eigenvalue weighted by molar-refractivity contribution is -0.150. The first-order chi connectivity index (χ1) is 17.0. The SMILES string of the molecule is COc1cc(N2Cc3cn(-c4ccc(Cl)cc4)nc3C2=O)ccc1OCC(OC(=O)CN)C1CC1. The molecule has 10 heteroatoms. The summed E-state index contributed by atoms with van der Waals surface area (Å²) in [5.41, 5.74) is 8.11. The number of hydrogen-bond acceptors (Lipinski definition) is 7. The molecule has 9 nitrogen and oxygen atoms in total. The Morgan fingerprint density at radius 3 is 2.57 bits per heavy atom. The predicted molar refractivity (Wildman–Crippen MR) is 129 cm³/mol. The number of carbonyl (C=O) groups is 2. The summed E-state index contributed by atoms with van der Waals surface area (Å²) in [6.45, 7) is 0.438. The maximum Gasteiger partial charge on any atom is 0.320 e. The molecule has 5 rings (SSSR count). The summed E-state index contributed by atoms with van der Waals surface area (Å²) >= 11 is 5.96. The standard InChI is InChI=1S/C25H25ClN4O5/c1-33-21-10-19(8-9-20(21)34-14-22(15-2-3-15)35-23(31)11-27)29-12-16-13-30(28-24(16)25(29)32)18-6-4-17(26)5-7-18/h4-10,13,15,22H,2-3,11-12,14,27H2,1H3.